The van der Waals surface area contributed by atoms with E-state index in [0.29, 0.717) is 18.5 Å². The lowest BCUT2D eigenvalue weighted by atomic mass is 10.0. The van der Waals surface area contributed by atoms with Gasteiger partial charge in [-0.25, -0.2) is 4.79 Å². The number of rotatable bonds is 7. The summed E-state index contributed by atoms with van der Waals surface area (Å²) in [5.74, 6) is -0.874. The third-order valence-corrected chi connectivity index (χ3v) is 2.66. The predicted molar refractivity (Wildman–Crippen MR) is 59.8 cm³/mol. The molecule has 0 aromatic heterocycles. The summed E-state index contributed by atoms with van der Waals surface area (Å²) in [7, 11) is 0. The minimum atomic E-state index is -0.874. The zero-order valence-corrected chi connectivity index (χ0v) is 9.71. The first-order chi connectivity index (χ1) is 6.99. The van der Waals surface area contributed by atoms with Gasteiger partial charge in [-0.15, -0.1) is 0 Å². The highest BCUT2D eigenvalue weighted by Gasteiger charge is 2.18. The van der Waals surface area contributed by atoms with Crippen molar-refractivity contribution >= 4 is 5.97 Å². The van der Waals surface area contributed by atoms with E-state index in [9.17, 15) is 4.79 Å². The number of hydrogen-bond acceptors (Lipinski definition) is 3. The van der Waals surface area contributed by atoms with Gasteiger partial charge in [0.05, 0.1) is 6.61 Å². The van der Waals surface area contributed by atoms with Gasteiger partial charge in [-0.05, 0) is 19.8 Å². The highest BCUT2D eigenvalue weighted by atomic mass is 16.4. The Kier molecular flexibility index (Phi) is 6.20. The Morgan fingerprint density at radius 3 is 2.40 bits per heavy atom. The highest BCUT2D eigenvalue weighted by molar-refractivity contribution is 5.86. The molecule has 0 bridgehead atoms. The predicted octanol–water partition coefficient (Wildman–Crippen LogP) is 1.16. The molecule has 88 valence electrons. The first kappa shape index (κ1) is 14.1. The van der Waals surface area contributed by atoms with E-state index < -0.39 is 5.97 Å². The summed E-state index contributed by atoms with van der Waals surface area (Å²) in [6.07, 6.45) is 2.97. The second-order valence-electron chi connectivity index (χ2n) is 3.84. The Bertz CT molecular complexity index is 232. The van der Waals surface area contributed by atoms with Crippen LogP contribution in [0.4, 0.5) is 0 Å². The van der Waals surface area contributed by atoms with Crippen LogP contribution in [0.25, 0.3) is 0 Å². The quantitative estimate of drug-likeness (QED) is 0.557. The fraction of sp³-hybridized carbons (Fsp3) is 0.727. The van der Waals surface area contributed by atoms with Gasteiger partial charge in [0, 0.05) is 17.7 Å². The minimum absolute atomic E-state index is 0.0475. The second kappa shape index (κ2) is 6.58. The van der Waals surface area contributed by atoms with Gasteiger partial charge in [-0.1, -0.05) is 19.9 Å². The standard InChI is InChI=1S/C11H21NO3/c1-4-9(10(14)15)6-7-12-11(3,5-2)8-13/h6,12-13H,4-5,7-8H2,1-3H3,(H,14,15). The number of hydrogen-bond donors (Lipinski definition) is 3. The van der Waals surface area contributed by atoms with Crippen LogP contribution < -0.4 is 5.32 Å². The van der Waals surface area contributed by atoms with Crippen molar-refractivity contribution in [1.29, 1.82) is 0 Å². The van der Waals surface area contributed by atoms with Gasteiger partial charge in [0.25, 0.3) is 0 Å². The molecule has 4 heteroatoms. The molecule has 1 atom stereocenters. The summed E-state index contributed by atoms with van der Waals surface area (Å²) in [6.45, 7) is 6.22. The van der Waals surface area contributed by atoms with E-state index in [-0.39, 0.29) is 12.1 Å². The van der Waals surface area contributed by atoms with Crippen molar-refractivity contribution in [1.82, 2.24) is 5.32 Å². The first-order valence-electron chi connectivity index (χ1n) is 5.27. The Morgan fingerprint density at radius 2 is 2.07 bits per heavy atom. The molecule has 0 aliphatic heterocycles. The fourth-order valence-electron chi connectivity index (χ4n) is 1.10. The van der Waals surface area contributed by atoms with Crippen molar-refractivity contribution in [3.8, 4) is 0 Å². The summed E-state index contributed by atoms with van der Waals surface area (Å²) >= 11 is 0. The molecule has 15 heavy (non-hydrogen) atoms. The summed E-state index contributed by atoms with van der Waals surface area (Å²) < 4.78 is 0. The van der Waals surface area contributed by atoms with E-state index in [1.165, 1.54) is 0 Å². The first-order valence-corrected chi connectivity index (χ1v) is 5.27. The van der Waals surface area contributed by atoms with Gasteiger partial charge in [-0.3, -0.25) is 0 Å². The zero-order valence-electron chi connectivity index (χ0n) is 9.71. The number of aliphatic carboxylic acids is 1. The van der Waals surface area contributed by atoms with Crippen LogP contribution in [0.3, 0.4) is 0 Å². The molecular formula is C11H21NO3. The maximum absolute atomic E-state index is 10.7. The molecular weight excluding hydrogens is 194 g/mol. The number of nitrogens with one attached hydrogen (secondary N) is 1. The average molecular weight is 215 g/mol. The van der Waals surface area contributed by atoms with E-state index in [1.54, 1.807) is 6.08 Å². The maximum Gasteiger partial charge on any atom is 0.331 e. The van der Waals surface area contributed by atoms with Crippen LogP contribution in [0.1, 0.15) is 33.6 Å². The molecule has 0 saturated carbocycles. The smallest absolute Gasteiger partial charge is 0.331 e. The molecule has 0 spiro atoms. The van der Waals surface area contributed by atoms with Crippen molar-refractivity contribution in [3.63, 3.8) is 0 Å². The zero-order chi connectivity index (χ0) is 11.9. The third kappa shape index (κ3) is 4.95. The number of carboxylic acid groups (broad SMARTS) is 1. The van der Waals surface area contributed by atoms with E-state index in [0.717, 1.165) is 6.42 Å². The largest absolute Gasteiger partial charge is 0.478 e. The molecule has 0 fully saturated rings. The van der Waals surface area contributed by atoms with Gasteiger partial charge < -0.3 is 15.5 Å². The summed E-state index contributed by atoms with van der Waals surface area (Å²) in [4.78, 5) is 10.7. The molecule has 4 nitrogen and oxygen atoms in total. The molecule has 0 aliphatic carbocycles. The van der Waals surface area contributed by atoms with Gasteiger partial charge in [0.1, 0.15) is 0 Å². The van der Waals surface area contributed by atoms with E-state index in [4.69, 9.17) is 10.2 Å². The van der Waals surface area contributed by atoms with E-state index in [1.807, 2.05) is 20.8 Å². The lowest BCUT2D eigenvalue weighted by Crippen LogP contribution is -2.45. The van der Waals surface area contributed by atoms with Crippen LogP contribution in [0.5, 0.6) is 0 Å². The average Bonchev–Trinajstić information content (AvgIpc) is 2.23. The maximum atomic E-state index is 10.7. The Labute approximate surface area is 91.0 Å². The molecule has 0 aromatic carbocycles. The van der Waals surface area contributed by atoms with Crippen molar-refractivity contribution in [2.24, 2.45) is 0 Å². The molecule has 1 unspecified atom stereocenters. The number of carbonyl (C=O) groups is 1. The van der Waals surface area contributed by atoms with Crippen LogP contribution in [0.15, 0.2) is 11.6 Å². The van der Waals surface area contributed by atoms with Crippen molar-refractivity contribution < 1.29 is 15.0 Å². The molecule has 0 rings (SSSR count). The summed E-state index contributed by atoms with van der Waals surface area (Å²) in [5.41, 5.74) is 0.0762. The van der Waals surface area contributed by atoms with E-state index in [2.05, 4.69) is 5.32 Å². The molecule has 0 amide bonds. The Hall–Kier alpha value is -0.870. The normalized spacial score (nSPS) is 16.1. The molecule has 0 radical (unpaired) electrons. The minimum Gasteiger partial charge on any atom is -0.478 e. The van der Waals surface area contributed by atoms with Gasteiger partial charge in [-0.2, -0.15) is 0 Å². The molecule has 0 aromatic rings. The monoisotopic (exact) mass is 215 g/mol. The number of carboxylic acids is 1. The Morgan fingerprint density at radius 1 is 1.47 bits per heavy atom. The van der Waals surface area contributed by atoms with Crippen LogP contribution in [0, 0.1) is 0 Å². The van der Waals surface area contributed by atoms with Crippen molar-refractivity contribution in [2.45, 2.75) is 39.2 Å². The lowest BCUT2D eigenvalue weighted by molar-refractivity contribution is -0.132. The highest BCUT2D eigenvalue weighted by Crippen LogP contribution is 2.07. The molecule has 3 N–H and O–H groups in total. The summed E-state index contributed by atoms with van der Waals surface area (Å²) in [5, 5.41) is 21.0. The molecule has 0 aliphatic rings. The van der Waals surface area contributed by atoms with Crippen molar-refractivity contribution in [2.75, 3.05) is 13.2 Å². The SMILES string of the molecule is CCC(=CCNC(C)(CC)CO)C(=O)O. The van der Waals surface area contributed by atoms with Crippen LogP contribution >= 0.6 is 0 Å². The second-order valence-corrected chi connectivity index (χ2v) is 3.84. The topological polar surface area (TPSA) is 69.6 Å². The molecule has 0 heterocycles. The Balaban J connectivity index is 4.21. The molecule has 0 saturated heterocycles. The fourth-order valence-corrected chi connectivity index (χ4v) is 1.10. The number of aliphatic hydroxyl groups excluding tert-OH is 1. The van der Waals surface area contributed by atoms with Crippen molar-refractivity contribution in [3.05, 3.63) is 11.6 Å². The lowest BCUT2D eigenvalue weighted by Gasteiger charge is -2.26. The van der Waals surface area contributed by atoms with Crippen LogP contribution in [0.2, 0.25) is 0 Å². The van der Waals surface area contributed by atoms with E-state index >= 15 is 0 Å². The van der Waals surface area contributed by atoms with Crippen LogP contribution in [-0.2, 0) is 4.79 Å². The van der Waals surface area contributed by atoms with Crippen LogP contribution in [-0.4, -0.2) is 34.9 Å². The van der Waals surface area contributed by atoms with Gasteiger partial charge in [0.15, 0.2) is 0 Å². The third-order valence-electron chi connectivity index (χ3n) is 2.66. The van der Waals surface area contributed by atoms with Gasteiger partial charge in [0.2, 0.25) is 0 Å². The van der Waals surface area contributed by atoms with Gasteiger partial charge >= 0.3 is 5.97 Å². The number of aliphatic hydroxyl groups is 1. The summed E-state index contributed by atoms with van der Waals surface area (Å²) in [6, 6.07) is 0.